The molecule has 0 unspecified atom stereocenters. The number of aryl methyl sites for hydroxylation is 1. The predicted molar refractivity (Wildman–Crippen MR) is 120 cm³/mol. The first-order valence-corrected chi connectivity index (χ1v) is 10.2. The molecule has 10 heteroatoms. The number of carbonyl (C=O) groups is 2. The lowest BCUT2D eigenvalue weighted by molar-refractivity contribution is -0.129. The first kappa shape index (κ1) is 19.7. The minimum atomic E-state index is -0.312. The van der Waals surface area contributed by atoms with E-state index < -0.39 is 0 Å². The minimum Gasteiger partial charge on any atom is -0.346 e. The van der Waals surface area contributed by atoms with Crippen LogP contribution in [0.1, 0.15) is 10.4 Å². The second-order valence-electron chi connectivity index (χ2n) is 7.74. The molecule has 0 saturated carbocycles. The molecule has 1 aromatic carbocycles. The number of aromatic amines is 1. The third-order valence-electron chi connectivity index (χ3n) is 5.54. The number of piperazine rings is 1. The minimum absolute atomic E-state index is 0.0512. The number of hydrogen-bond acceptors (Lipinski definition) is 6. The van der Waals surface area contributed by atoms with Crippen molar-refractivity contribution in [2.75, 3.05) is 36.9 Å². The highest BCUT2D eigenvalue weighted by Gasteiger charge is 2.22. The van der Waals surface area contributed by atoms with Gasteiger partial charge in [-0.2, -0.15) is 5.10 Å². The van der Waals surface area contributed by atoms with Gasteiger partial charge in [0.2, 0.25) is 5.91 Å². The third-order valence-corrected chi connectivity index (χ3v) is 5.54. The van der Waals surface area contributed by atoms with Crippen LogP contribution in [0.4, 0.5) is 11.6 Å². The van der Waals surface area contributed by atoms with E-state index in [9.17, 15) is 9.59 Å². The van der Waals surface area contributed by atoms with Crippen molar-refractivity contribution in [2.24, 2.45) is 7.05 Å². The number of H-pyrrole nitrogens is 1. The molecule has 0 bridgehead atoms. The van der Waals surface area contributed by atoms with Gasteiger partial charge in [0, 0.05) is 39.4 Å². The number of rotatable bonds is 4. The number of nitrogens with zero attached hydrogens (tertiary/aromatic N) is 6. The quantitative estimate of drug-likeness (QED) is 0.511. The molecule has 4 aromatic rings. The topological polar surface area (TPSA) is 112 Å². The molecule has 1 aliphatic heterocycles. The lowest BCUT2D eigenvalue weighted by Crippen LogP contribution is -2.48. The lowest BCUT2D eigenvalue weighted by atomic mass is 10.2. The van der Waals surface area contributed by atoms with Gasteiger partial charge in [0.05, 0.1) is 23.1 Å². The number of nitrogens with one attached hydrogen (secondary N) is 2. The monoisotopic (exact) mass is 430 g/mol. The van der Waals surface area contributed by atoms with Crippen LogP contribution in [0.2, 0.25) is 0 Å². The van der Waals surface area contributed by atoms with Gasteiger partial charge in [-0.3, -0.25) is 14.3 Å². The second kappa shape index (κ2) is 7.80. The standard InChI is InChI=1S/C22H22N8O2/c1-28-9-10-30(13-20(28)31)19-8-7-14(12-23-19)22(32)26-18-11-17(29(2)27-18)21-24-15-5-3-4-6-16(15)25-21/h3-8,11-12H,9-10,13H2,1-2H3,(H,24,25)(H,26,27,32). The second-order valence-corrected chi connectivity index (χ2v) is 7.74. The van der Waals surface area contributed by atoms with Gasteiger partial charge in [0.25, 0.3) is 5.91 Å². The molecular weight excluding hydrogens is 408 g/mol. The van der Waals surface area contributed by atoms with Crippen molar-refractivity contribution >= 4 is 34.5 Å². The molecule has 1 aliphatic rings. The van der Waals surface area contributed by atoms with Crippen molar-refractivity contribution in [3.8, 4) is 11.5 Å². The lowest BCUT2D eigenvalue weighted by Gasteiger charge is -2.32. The van der Waals surface area contributed by atoms with Crippen LogP contribution >= 0.6 is 0 Å². The molecule has 0 radical (unpaired) electrons. The van der Waals surface area contributed by atoms with Gasteiger partial charge >= 0.3 is 0 Å². The summed E-state index contributed by atoms with van der Waals surface area (Å²) in [5, 5.41) is 7.19. The molecule has 1 fully saturated rings. The highest BCUT2D eigenvalue weighted by molar-refractivity contribution is 6.03. The van der Waals surface area contributed by atoms with Gasteiger partial charge in [-0.15, -0.1) is 0 Å². The van der Waals surface area contributed by atoms with Crippen LogP contribution in [0.25, 0.3) is 22.6 Å². The Hall–Kier alpha value is -4.21. The number of aromatic nitrogens is 5. The summed E-state index contributed by atoms with van der Waals surface area (Å²) in [7, 11) is 3.59. The van der Waals surface area contributed by atoms with Crippen LogP contribution in [0, 0.1) is 0 Å². The Morgan fingerprint density at radius 1 is 1.12 bits per heavy atom. The number of para-hydroxylation sites is 2. The molecular formula is C22H22N8O2. The van der Waals surface area contributed by atoms with E-state index in [2.05, 4.69) is 25.4 Å². The highest BCUT2D eigenvalue weighted by Crippen LogP contribution is 2.23. The van der Waals surface area contributed by atoms with Crippen LogP contribution in [0.5, 0.6) is 0 Å². The van der Waals surface area contributed by atoms with Crippen molar-refractivity contribution in [1.82, 2.24) is 29.6 Å². The summed E-state index contributed by atoms with van der Waals surface area (Å²) in [6.07, 6.45) is 1.51. The Morgan fingerprint density at radius 2 is 1.97 bits per heavy atom. The highest BCUT2D eigenvalue weighted by atomic mass is 16.2. The summed E-state index contributed by atoms with van der Waals surface area (Å²) < 4.78 is 1.67. The van der Waals surface area contributed by atoms with Crippen LogP contribution in [-0.2, 0) is 11.8 Å². The van der Waals surface area contributed by atoms with Crippen LogP contribution in [0.3, 0.4) is 0 Å². The van der Waals surface area contributed by atoms with Crippen molar-refractivity contribution < 1.29 is 9.59 Å². The fraction of sp³-hybridized carbons (Fsp3) is 0.227. The zero-order chi connectivity index (χ0) is 22.2. The summed E-state index contributed by atoms with van der Waals surface area (Å²) in [6.45, 7) is 1.64. The van der Waals surface area contributed by atoms with E-state index in [4.69, 9.17) is 0 Å². The number of fused-ring (bicyclic) bond motifs is 1. The number of hydrogen-bond donors (Lipinski definition) is 2. The van der Waals surface area contributed by atoms with Crippen LogP contribution in [0.15, 0.2) is 48.7 Å². The Kier molecular flexibility index (Phi) is 4.81. The maximum Gasteiger partial charge on any atom is 0.258 e. The Labute approximate surface area is 183 Å². The van der Waals surface area contributed by atoms with Gasteiger partial charge in [0.1, 0.15) is 11.5 Å². The average Bonchev–Trinajstić information content (AvgIpc) is 3.38. The third kappa shape index (κ3) is 3.66. The molecule has 4 heterocycles. The van der Waals surface area contributed by atoms with Crippen molar-refractivity contribution in [1.29, 1.82) is 0 Å². The Bertz CT molecular complexity index is 1270. The van der Waals surface area contributed by atoms with Gasteiger partial charge in [-0.1, -0.05) is 12.1 Å². The molecule has 0 spiro atoms. The Balaban J connectivity index is 1.30. The summed E-state index contributed by atoms with van der Waals surface area (Å²) >= 11 is 0. The summed E-state index contributed by atoms with van der Waals surface area (Å²) in [5.41, 5.74) is 2.96. The number of amides is 2. The van der Waals surface area contributed by atoms with E-state index in [0.717, 1.165) is 16.7 Å². The van der Waals surface area contributed by atoms with E-state index in [1.165, 1.54) is 6.20 Å². The number of carbonyl (C=O) groups excluding carboxylic acids is 2. The number of anilines is 2. The summed E-state index contributed by atoms with van der Waals surface area (Å²) in [5.74, 6) is 1.51. The maximum atomic E-state index is 12.7. The number of likely N-dealkylation sites (N-methyl/N-ethyl adjacent to an activating group) is 1. The maximum absolute atomic E-state index is 12.7. The molecule has 0 atom stereocenters. The summed E-state index contributed by atoms with van der Waals surface area (Å²) in [6, 6.07) is 13.0. The molecule has 10 nitrogen and oxygen atoms in total. The number of imidazole rings is 1. The molecule has 5 rings (SSSR count). The van der Waals surface area contributed by atoms with Crippen LogP contribution < -0.4 is 10.2 Å². The van der Waals surface area contributed by atoms with E-state index in [1.54, 1.807) is 41.9 Å². The molecule has 162 valence electrons. The van der Waals surface area contributed by atoms with Crippen LogP contribution in [-0.4, -0.2) is 68.1 Å². The average molecular weight is 430 g/mol. The molecule has 0 aliphatic carbocycles. The van der Waals surface area contributed by atoms with Crippen molar-refractivity contribution in [3.05, 3.63) is 54.2 Å². The van der Waals surface area contributed by atoms with E-state index in [-0.39, 0.29) is 18.4 Å². The zero-order valence-corrected chi connectivity index (χ0v) is 17.7. The van der Waals surface area contributed by atoms with E-state index in [0.29, 0.717) is 36.1 Å². The summed E-state index contributed by atoms with van der Waals surface area (Å²) in [4.78, 5) is 40.4. The molecule has 2 amide bonds. The molecule has 32 heavy (non-hydrogen) atoms. The fourth-order valence-corrected chi connectivity index (χ4v) is 3.67. The Morgan fingerprint density at radius 3 is 2.72 bits per heavy atom. The van der Waals surface area contributed by atoms with Gasteiger partial charge < -0.3 is 20.1 Å². The largest absolute Gasteiger partial charge is 0.346 e. The smallest absolute Gasteiger partial charge is 0.258 e. The SMILES string of the molecule is CN1CCN(c2ccc(C(=O)Nc3cc(-c4nc5ccccc5[nH]4)n(C)n3)cn2)CC1=O. The number of pyridine rings is 1. The fourth-order valence-electron chi connectivity index (χ4n) is 3.67. The molecule has 3 aromatic heterocycles. The van der Waals surface area contributed by atoms with Gasteiger partial charge in [0.15, 0.2) is 11.6 Å². The first-order chi connectivity index (χ1) is 15.5. The van der Waals surface area contributed by atoms with Crippen molar-refractivity contribution in [2.45, 2.75) is 0 Å². The predicted octanol–water partition coefficient (Wildman–Crippen LogP) is 1.89. The van der Waals surface area contributed by atoms with E-state index >= 15 is 0 Å². The van der Waals surface area contributed by atoms with Gasteiger partial charge in [-0.05, 0) is 24.3 Å². The normalized spacial score (nSPS) is 14.2. The molecule has 1 saturated heterocycles. The zero-order valence-electron chi connectivity index (χ0n) is 17.7. The first-order valence-electron chi connectivity index (χ1n) is 10.2. The van der Waals surface area contributed by atoms with Crippen molar-refractivity contribution in [3.63, 3.8) is 0 Å². The van der Waals surface area contributed by atoms with Gasteiger partial charge in [-0.25, -0.2) is 9.97 Å². The number of benzene rings is 1. The van der Waals surface area contributed by atoms with E-state index in [1.807, 2.05) is 29.2 Å². The molecule has 2 N–H and O–H groups in total.